The lowest BCUT2D eigenvalue weighted by atomic mass is 10.1. The summed E-state index contributed by atoms with van der Waals surface area (Å²) in [6, 6.07) is 1.33. The summed E-state index contributed by atoms with van der Waals surface area (Å²) in [6.45, 7) is 14.7. The monoisotopic (exact) mass is 283 g/mol. The van der Waals surface area contributed by atoms with E-state index >= 15 is 0 Å². The lowest BCUT2D eigenvalue weighted by Crippen LogP contribution is -2.50. The Morgan fingerprint density at radius 3 is 2.65 bits per heavy atom. The van der Waals surface area contributed by atoms with Gasteiger partial charge in [0.15, 0.2) is 0 Å². The Morgan fingerprint density at radius 2 is 1.90 bits per heavy atom. The Balaban J connectivity index is 1.81. The minimum absolute atomic E-state index is 0.409. The number of morpholine rings is 1. The molecule has 3 unspecified atom stereocenters. The quantitative estimate of drug-likeness (QED) is 0.847. The van der Waals surface area contributed by atoms with Crippen LogP contribution in [-0.4, -0.2) is 73.9 Å². The molecule has 2 aliphatic rings. The Hall–Kier alpha value is -0.160. The molecular weight excluding hydrogens is 250 g/mol. The van der Waals surface area contributed by atoms with Crippen molar-refractivity contribution in [2.45, 2.75) is 58.2 Å². The number of nitrogens with zero attached hydrogens (tertiary/aromatic N) is 2. The molecule has 0 aliphatic carbocycles. The molecule has 1 N–H and O–H groups in total. The van der Waals surface area contributed by atoms with Crippen molar-refractivity contribution in [1.29, 1.82) is 0 Å². The SMILES string of the molecule is CCC1CCN(CC2CN(CC)CCO2)CCC(C)N1. The van der Waals surface area contributed by atoms with E-state index in [2.05, 4.69) is 35.9 Å². The van der Waals surface area contributed by atoms with Crippen molar-refractivity contribution < 1.29 is 4.74 Å². The molecule has 2 heterocycles. The Labute approximate surface area is 124 Å². The highest BCUT2D eigenvalue weighted by Gasteiger charge is 2.24. The predicted molar refractivity (Wildman–Crippen MR) is 84.2 cm³/mol. The number of nitrogens with one attached hydrogen (secondary N) is 1. The largest absolute Gasteiger partial charge is 0.374 e. The summed E-state index contributed by atoms with van der Waals surface area (Å²) >= 11 is 0. The first-order chi connectivity index (χ1) is 9.71. The van der Waals surface area contributed by atoms with Crippen molar-refractivity contribution in [1.82, 2.24) is 15.1 Å². The lowest BCUT2D eigenvalue weighted by molar-refractivity contribution is -0.0431. The molecule has 0 spiro atoms. The molecule has 0 aromatic carbocycles. The van der Waals surface area contributed by atoms with Crippen molar-refractivity contribution in [2.24, 2.45) is 0 Å². The fourth-order valence-corrected chi connectivity index (χ4v) is 3.37. The van der Waals surface area contributed by atoms with Crippen LogP contribution < -0.4 is 5.32 Å². The van der Waals surface area contributed by atoms with Crippen LogP contribution in [-0.2, 0) is 4.74 Å². The zero-order chi connectivity index (χ0) is 14.4. The average molecular weight is 283 g/mol. The highest BCUT2D eigenvalue weighted by Crippen LogP contribution is 2.12. The van der Waals surface area contributed by atoms with Gasteiger partial charge >= 0.3 is 0 Å². The smallest absolute Gasteiger partial charge is 0.0829 e. The molecule has 2 rings (SSSR count). The number of rotatable bonds is 4. The molecule has 4 heteroatoms. The third kappa shape index (κ3) is 4.99. The number of hydrogen-bond acceptors (Lipinski definition) is 4. The highest BCUT2D eigenvalue weighted by atomic mass is 16.5. The molecule has 4 nitrogen and oxygen atoms in total. The normalized spacial score (nSPS) is 34.6. The Bertz CT molecular complexity index is 274. The van der Waals surface area contributed by atoms with Crippen LogP contribution in [0.2, 0.25) is 0 Å². The van der Waals surface area contributed by atoms with Crippen LogP contribution in [0.3, 0.4) is 0 Å². The van der Waals surface area contributed by atoms with Crippen LogP contribution in [0.5, 0.6) is 0 Å². The van der Waals surface area contributed by atoms with Gasteiger partial charge < -0.3 is 15.0 Å². The summed E-state index contributed by atoms with van der Waals surface area (Å²) in [5.74, 6) is 0. The van der Waals surface area contributed by atoms with Gasteiger partial charge in [-0.05, 0) is 45.8 Å². The van der Waals surface area contributed by atoms with Gasteiger partial charge in [-0.25, -0.2) is 0 Å². The Kier molecular flexibility index (Phi) is 6.75. The first-order valence-electron chi connectivity index (χ1n) is 8.53. The average Bonchev–Trinajstić information content (AvgIpc) is 2.46. The fraction of sp³-hybridized carbons (Fsp3) is 1.00. The van der Waals surface area contributed by atoms with Crippen LogP contribution in [0.15, 0.2) is 0 Å². The summed E-state index contributed by atoms with van der Waals surface area (Å²) in [4.78, 5) is 5.14. The van der Waals surface area contributed by atoms with Gasteiger partial charge in [0.1, 0.15) is 0 Å². The van der Waals surface area contributed by atoms with E-state index in [1.807, 2.05) is 0 Å². The van der Waals surface area contributed by atoms with Crippen LogP contribution in [0.1, 0.15) is 40.0 Å². The second kappa shape index (κ2) is 8.32. The van der Waals surface area contributed by atoms with Crippen LogP contribution in [0.25, 0.3) is 0 Å². The molecule has 3 atom stereocenters. The van der Waals surface area contributed by atoms with Crippen molar-refractivity contribution in [3.63, 3.8) is 0 Å². The number of likely N-dealkylation sites (N-methyl/N-ethyl adjacent to an activating group) is 1. The third-order valence-electron chi connectivity index (χ3n) is 4.82. The molecule has 0 aromatic heterocycles. The Morgan fingerprint density at radius 1 is 1.10 bits per heavy atom. The van der Waals surface area contributed by atoms with Crippen molar-refractivity contribution in [2.75, 3.05) is 45.9 Å². The standard InChI is InChI=1S/C16H33N3O/c1-4-15-7-9-19(8-6-14(3)17-15)13-16-12-18(5-2)10-11-20-16/h14-17H,4-13H2,1-3H3. The van der Waals surface area contributed by atoms with E-state index < -0.39 is 0 Å². The van der Waals surface area contributed by atoms with Crippen molar-refractivity contribution in [3.8, 4) is 0 Å². The molecule has 0 radical (unpaired) electrons. The van der Waals surface area contributed by atoms with E-state index in [4.69, 9.17) is 4.74 Å². The van der Waals surface area contributed by atoms with Gasteiger partial charge in [-0.2, -0.15) is 0 Å². The maximum absolute atomic E-state index is 5.97. The van der Waals surface area contributed by atoms with E-state index in [9.17, 15) is 0 Å². The van der Waals surface area contributed by atoms with Crippen LogP contribution in [0, 0.1) is 0 Å². The molecule has 0 aromatic rings. The molecular formula is C16H33N3O. The first kappa shape index (κ1) is 16.2. The number of ether oxygens (including phenoxy) is 1. The molecule has 0 amide bonds. The predicted octanol–water partition coefficient (Wildman–Crippen LogP) is 1.56. The molecule has 2 aliphatic heterocycles. The minimum atomic E-state index is 0.409. The van der Waals surface area contributed by atoms with Gasteiger partial charge in [-0.3, -0.25) is 4.90 Å². The van der Waals surface area contributed by atoms with E-state index in [-0.39, 0.29) is 0 Å². The highest BCUT2D eigenvalue weighted by molar-refractivity contribution is 4.80. The van der Waals surface area contributed by atoms with E-state index in [0.717, 1.165) is 32.8 Å². The summed E-state index contributed by atoms with van der Waals surface area (Å²) in [6.07, 6.45) is 4.17. The molecule has 2 fully saturated rings. The van der Waals surface area contributed by atoms with E-state index in [1.165, 1.54) is 32.4 Å². The van der Waals surface area contributed by atoms with Gasteiger partial charge in [0, 0.05) is 31.7 Å². The van der Waals surface area contributed by atoms with E-state index in [1.54, 1.807) is 0 Å². The van der Waals surface area contributed by atoms with Gasteiger partial charge in [0.25, 0.3) is 0 Å². The van der Waals surface area contributed by atoms with Crippen molar-refractivity contribution in [3.05, 3.63) is 0 Å². The van der Waals surface area contributed by atoms with Crippen molar-refractivity contribution >= 4 is 0 Å². The number of hydrogen-bond donors (Lipinski definition) is 1. The van der Waals surface area contributed by atoms with Gasteiger partial charge in [-0.1, -0.05) is 13.8 Å². The maximum atomic E-state index is 5.97. The van der Waals surface area contributed by atoms with Crippen LogP contribution in [0.4, 0.5) is 0 Å². The summed E-state index contributed by atoms with van der Waals surface area (Å²) in [5.41, 5.74) is 0. The lowest BCUT2D eigenvalue weighted by Gasteiger charge is -2.37. The zero-order valence-corrected chi connectivity index (χ0v) is 13.6. The van der Waals surface area contributed by atoms with E-state index in [0.29, 0.717) is 18.2 Å². The molecule has 2 saturated heterocycles. The second-order valence-corrected chi connectivity index (χ2v) is 6.44. The maximum Gasteiger partial charge on any atom is 0.0829 e. The fourth-order valence-electron chi connectivity index (χ4n) is 3.37. The summed E-state index contributed by atoms with van der Waals surface area (Å²) < 4.78 is 5.97. The van der Waals surface area contributed by atoms with Crippen LogP contribution >= 0.6 is 0 Å². The first-order valence-corrected chi connectivity index (χ1v) is 8.53. The summed E-state index contributed by atoms with van der Waals surface area (Å²) in [5, 5.41) is 3.74. The van der Waals surface area contributed by atoms with Gasteiger partial charge in [0.2, 0.25) is 0 Å². The molecule has 118 valence electrons. The second-order valence-electron chi connectivity index (χ2n) is 6.44. The van der Waals surface area contributed by atoms with Gasteiger partial charge in [0.05, 0.1) is 12.7 Å². The zero-order valence-electron chi connectivity index (χ0n) is 13.6. The minimum Gasteiger partial charge on any atom is -0.374 e. The molecule has 0 bridgehead atoms. The third-order valence-corrected chi connectivity index (χ3v) is 4.82. The topological polar surface area (TPSA) is 27.7 Å². The molecule has 20 heavy (non-hydrogen) atoms. The van der Waals surface area contributed by atoms with Gasteiger partial charge in [-0.15, -0.1) is 0 Å². The molecule has 0 saturated carbocycles. The summed E-state index contributed by atoms with van der Waals surface area (Å²) in [7, 11) is 0.